The second kappa shape index (κ2) is 6.73. The Labute approximate surface area is 125 Å². The molecule has 0 fully saturated rings. The predicted octanol–water partition coefficient (Wildman–Crippen LogP) is 4.74. The first-order valence-electron chi connectivity index (χ1n) is 6.84. The van der Waals surface area contributed by atoms with Crippen molar-refractivity contribution in [2.75, 3.05) is 0 Å². The third kappa shape index (κ3) is 3.53. The molecule has 0 N–H and O–H groups in total. The van der Waals surface area contributed by atoms with Crippen LogP contribution < -0.4 is 0 Å². The lowest BCUT2D eigenvalue weighted by Crippen LogP contribution is -2.09. The molecule has 0 unspecified atom stereocenters. The molecule has 0 amide bonds. The normalized spacial score (nSPS) is 11.0. The summed E-state index contributed by atoms with van der Waals surface area (Å²) in [6.45, 7) is 1.68. The van der Waals surface area contributed by atoms with E-state index in [1.807, 2.05) is 0 Å². The van der Waals surface area contributed by atoms with Gasteiger partial charge in [0.15, 0.2) is 23.3 Å². The maximum atomic E-state index is 13.4. The predicted molar refractivity (Wildman–Crippen MR) is 74.5 cm³/mol. The topological polar surface area (TPSA) is 17.1 Å². The minimum Gasteiger partial charge on any atom is -0.300 e. The van der Waals surface area contributed by atoms with E-state index in [2.05, 4.69) is 0 Å². The molecule has 2 rings (SSSR count). The average Bonchev–Trinajstić information content (AvgIpc) is 2.50. The van der Waals surface area contributed by atoms with Crippen LogP contribution in [0.15, 0.2) is 36.4 Å². The van der Waals surface area contributed by atoms with Crippen LogP contribution in [0.25, 0.3) is 0 Å². The lowest BCUT2D eigenvalue weighted by molar-refractivity contribution is -0.118. The Morgan fingerprint density at radius 2 is 1.32 bits per heavy atom. The van der Waals surface area contributed by atoms with Gasteiger partial charge in [0.1, 0.15) is 5.78 Å². The highest BCUT2D eigenvalue weighted by molar-refractivity contribution is 5.79. The number of hydrogen-bond donors (Lipinski definition) is 0. The highest BCUT2D eigenvalue weighted by Crippen LogP contribution is 2.30. The highest BCUT2D eigenvalue weighted by atomic mass is 19.2. The van der Waals surface area contributed by atoms with Gasteiger partial charge in [0, 0.05) is 18.8 Å². The van der Waals surface area contributed by atoms with E-state index in [1.54, 1.807) is 6.92 Å². The summed E-state index contributed by atoms with van der Waals surface area (Å²) < 4.78 is 53.0. The largest absolute Gasteiger partial charge is 0.300 e. The third-order valence-corrected chi connectivity index (χ3v) is 3.52. The molecule has 0 saturated heterocycles. The van der Waals surface area contributed by atoms with E-state index < -0.39 is 29.2 Å². The Hall–Kier alpha value is -2.17. The van der Waals surface area contributed by atoms with Crippen LogP contribution in [0.3, 0.4) is 0 Å². The maximum Gasteiger partial charge on any atom is 0.159 e. The number of hydrogen-bond acceptors (Lipinski definition) is 1. The van der Waals surface area contributed by atoms with Gasteiger partial charge in [-0.1, -0.05) is 19.1 Å². The van der Waals surface area contributed by atoms with Crippen LogP contribution in [0.5, 0.6) is 0 Å². The van der Waals surface area contributed by atoms with E-state index >= 15 is 0 Å². The molecule has 0 aliphatic rings. The molecule has 0 heterocycles. The van der Waals surface area contributed by atoms with Crippen LogP contribution in [0.4, 0.5) is 17.6 Å². The van der Waals surface area contributed by atoms with Gasteiger partial charge in [-0.05, 0) is 35.4 Å². The fourth-order valence-corrected chi connectivity index (χ4v) is 2.26. The SMILES string of the molecule is CCC(=O)CC(c1ccc(F)c(F)c1)c1ccc(F)c(F)c1. The molecule has 5 heteroatoms. The smallest absolute Gasteiger partial charge is 0.159 e. The van der Waals surface area contributed by atoms with Crippen LogP contribution in [-0.2, 0) is 4.79 Å². The van der Waals surface area contributed by atoms with Crippen LogP contribution in [0.1, 0.15) is 36.8 Å². The van der Waals surface area contributed by atoms with Gasteiger partial charge in [-0.25, -0.2) is 17.6 Å². The van der Waals surface area contributed by atoms with Gasteiger partial charge in [0.05, 0.1) is 0 Å². The number of halogens is 4. The van der Waals surface area contributed by atoms with E-state index in [0.29, 0.717) is 11.1 Å². The third-order valence-electron chi connectivity index (χ3n) is 3.52. The second-order valence-corrected chi connectivity index (χ2v) is 5.00. The summed E-state index contributed by atoms with van der Waals surface area (Å²) in [5.74, 6) is -4.87. The van der Waals surface area contributed by atoms with Crippen molar-refractivity contribution in [3.05, 3.63) is 70.8 Å². The lowest BCUT2D eigenvalue weighted by Gasteiger charge is -2.17. The van der Waals surface area contributed by atoms with E-state index in [9.17, 15) is 22.4 Å². The number of rotatable bonds is 5. The fourth-order valence-electron chi connectivity index (χ4n) is 2.26. The Morgan fingerprint density at radius 3 is 1.68 bits per heavy atom. The van der Waals surface area contributed by atoms with Gasteiger partial charge in [-0.15, -0.1) is 0 Å². The van der Waals surface area contributed by atoms with Gasteiger partial charge < -0.3 is 0 Å². The quantitative estimate of drug-likeness (QED) is 0.729. The van der Waals surface area contributed by atoms with Gasteiger partial charge in [-0.2, -0.15) is 0 Å². The van der Waals surface area contributed by atoms with E-state index in [1.165, 1.54) is 12.1 Å². The van der Waals surface area contributed by atoms with Crippen molar-refractivity contribution in [2.24, 2.45) is 0 Å². The minimum atomic E-state index is -1.05. The first kappa shape index (κ1) is 16.2. The Bertz CT molecular complexity index is 646. The van der Waals surface area contributed by atoms with Gasteiger partial charge in [0.25, 0.3) is 0 Å². The zero-order valence-corrected chi connectivity index (χ0v) is 11.9. The zero-order valence-electron chi connectivity index (χ0n) is 11.9. The molecule has 0 aliphatic heterocycles. The molecule has 0 saturated carbocycles. The summed E-state index contributed by atoms with van der Waals surface area (Å²) in [6, 6.07) is 6.54. The molecular formula is C17H14F4O. The number of Topliss-reactive ketones (excluding diaryl/α,β-unsaturated/α-hetero) is 1. The molecule has 0 atom stereocenters. The van der Waals surface area contributed by atoms with Crippen molar-refractivity contribution in [1.29, 1.82) is 0 Å². The second-order valence-electron chi connectivity index (χ2n) is 5.00. The van der Waals surface area contributed by atoms with Crippen molar-refractivity contribution in [2.45, 2.75) is 25.7 Å². The molecule has 0 bridgehead atoms. The summed E-state index contributed by atoms with van der Waals surface area (Å²) in [6.07, 6.45) is 0.274. The van der Waals surface area contributed by atoms with Crippen molar-refractivity contribution in [3.63, 3.8) is 0 Å². The monoisotopic (exact) mass is 310 g/mol. The van der Waals surface area contributed by atoms with Crippen molar-refractivity contribution < 1.29 is 22.4 Å². The molecule has 22 heavy (non-hydrogen) atoms. The molecule has 2 aromatic carbocycles. The molecular weight excluding hydrogens is 296 g/mol. The Morgan fingerprint density at radius 1 is 0.864 bits per heavy atom. The maximum absolute atomic E-state index is 13.4. The number of carbonyl (C=O) groups is 1. The first-order chi connectivity index (χ1) is 10.4. The summed E-state index contributed by atoms with van der Waals surface area (Å²) in [7, 11) is 0. The number of carbonyl (C=O) groups excluding carboxylic acids is 1. The van der Waals surface area contributed by atoms with Crippen LogP contribution in [-0.4, -0.2) is 5.78 Å². The van der Waals surface area contributed by atoms with E-state index in [-0.39, 0.29) is 18.6 Å². The number of benzene rings is 2. The lowest BCUT2D eigenvalue weighted by atomic mass is 9.86. The fraction of sp³-hybridized carbons (Fsp3) is 0.235. The summed E-state index contributed by atoms with van der Waals surface area (Å²) in [5.41, 5.74) is 0.679. The standard InChI is InChI=1S/C17H14F4O/c1-2-12(22)9-13(10-3-5-14(18)16(20)7-10)11-4-6-15(19)17(21)8-11/h3-8,13H,2,9H2,1H3. The van der Waals surface area contributed by atoms with Crippen molar-refractivity contribution >= 4 is 5.78 Å². The van der Waals surface area contributed by atoms with E-state index in [0.717, 1.165) is 24.3 Å². The number of ketones is 1. The van der Waals surface area contributed by atoms with Gasteiger partial charge in [-0.3, -0.25) is 4.79 Å². The Balaban J connectivity index is 2.47. The molecule has 1 nitrogen and oxygen atoms in total. The average molecular weight is 310 g/mol. The molecule has 0 aliphatic carbocycles. The minimum absolute atomic E-state index is 0.00659. The summed E-state index contributed by atoms with van der Waals surface area (Å²) in [5, 5.41) is 0. The summed E-state index contributed by atoms with van der Waals surface area (Å²) >= 11 is 0. The zero-order chi connectivity index (χ0) is 16.3. The van der Waals surface area contributed by atoms with Crippen molar-refractivity contribution in [3.8, 4) is 0 Å². The van der Waals surface area contributed by atoms with Crippen molar-refractivity contribution in [1.82, 2.24) is 0 Å². The molecule has 0 radical (unpaired) electrons. The summed E-state index contributed by atoms with van der Waals surface area (Å²) in [4.78, 5) is 11.7. The van der Waals surface area contributed by atoms with Crippen LogP contribution in [0.2, 0.25) is 0 Å². The molecule has 2 aromatic rings. The Kier molecular flexibility index (Phi) is 4.96. The van der Waals surface area contributed by atoms with Crippen LogP contribution >= 0.6 is 0 Å². The van der Waals surface area contributed by atoms with E-state index in [4.69, 9.17) is 0 Å². The highest BCUT2D eigenvalue weighted by Gasteiger charge is 2.20. The molecule has 116 valence electrons. The van der Waals surface area contributed by atoms with Gasteiger partial charge in [0.2, 0.25) is 0 Å². The van der Waals surface area contributed by atoms with Crippen LogP contribution in [0, 0.1) is 23.3 Å². The molecule has 0 spiro atoms. The van der Waals surface area contributed by atoms with Gasteiger partial charge >= 0.3 is 0 Å². The molecule has 0 aromatic heterocycles. The first-order valence-corrected chi connectivity index (χ1v) is 6.84.